The minimum atomic E-state index is -4.39. The quantitative estimate of drug-likeness (QED) is 0.351. The number of ether oxygens (including phenoxy) is 1. The Morgan fingerprint density at radius 1 is 1.06 bits per heavy atom. The van der Waals surface area contributed by atoms with E-state index < -0.39 is 12.7 Å². The van der Waals surface area contributed by atoms with Crippen LogP contribution in [0.5, 0.6) is 5.75 Å². The van der Waals surface area contributed by atoms with Gasteiger partial charge in [-0.15, -0.1) is 0 Å². The maximum atomic E-state index is 13.2. The number of hydrogen-bond donors (Lipinski definition) is 0. The molecule has 4 aromatic rings. The van der Waals surface area contributed by atoms with E-state index in [1.165, 1.54) is 6.20 Å². The van der Waals surface area contributed by atoms with Crippen molar-refractivity contribution in [3.8, 4) is 28.4 Å². The van der Waals surface area contributed by atoms with Crippen LogP contribution >= 0.6 is 11.8 Å². The Labute approximate surface area is 180 Å². The van der Waals surface area contributed by atoms with Crippen molar-refractivity contribution in [2.45, 2.75) is 23.6 Å². The minimum Gasteiger partial charge on any atom is -0.496 e. The van der Waals surface area contributed by atoms with Gasteiger partial charge < -0.3 is 13.8 Å². The topological polar surface area (TPSA) is 66.0 Å². The van der Waals surface area contributed by atoms with E-state index in [9.17, 15) is 13.2 Å². The number of hydrogen-bond acceptors (Lipinski definition) is 6. The zero-order valence-electron chi connectivity index (χ0n) is 16.3. The summed E-state index contributed by atoms with van der Waals surface area (Å²) < 4.78 is 51.4. The van der Waals surface area contributed by atoms with E-state index in [0.29, 0.717) is 28.4 Å². The fourth-order valence-electron chi connectivity index (χ4n) is 3.02. The first kappa shape index (κ1) is 21.0. The summed E-state index contributed by atoms with van der Waals surface area (Å²) in [5.74, 6) is 1.38. The highest BCUT2D eigenvalue weighted by molar-refractivity contribution is 7.98. The molecule has 0 aliphatic carbocycles. The van der Waals surface area contributed by atoms with Crippen molar-refractivity contribution >= 4 is 11.8 Å². The molecule has 6 nitrogen and oxygen atoms in total. The highest BCUT2D eigenvalue weighted by atomic mass is 32.2. The number of aromatic nitrogens is 4. The molecule has 0 N–H and O–H groups in total. The fraction of sp³-hybridized carbons (Fsp3) is 0.190. The standard InChI is InChI=1S/C21H17F3N4O2S/c1-29-17-10-6-5-9-15(17)19-26-18(30-27-19)12-31-20-25-11-16(14-7-3-2-4-8-14)28(20)13-21(22,23)24/h2-11H,12-13H2,1H3. The molecule has 2 heterocycles. The van der Waals surface area contributed by atoms with Crippen LogP contribution in [0.1, 0.15) is 5.89 Å². The molecule has 4 rings (SSSR count). The lowest BCUT2D eigenvalue weighted by Gasteiger charge is -2.13. The minimum absolute atomic E-state index is 0.172. The predicted molar refractivity (Wildman–Crippen MR) is 110 cm³/mol. The third-order valence-electron chi connectivity index (χ3n) is 4.37. The summed E-state index contributed by atoms with van der Waals surface area (Å²) >= 11 is 1.10. The summed E-state index contributed by atoms with van der Waals surface area (Å²) in [6.07, 6.45) is -2.95. The first-order valence-corrected chi connectivity index (χ1v) is 10.2. The Bertz CT molecular complexity index is 1160. The van der Waals surface area contributed by atoms with Crippen molar-refractivity contribution in [2.24, 2.45) is 0 Å². The summed E-state index contributed by atoms with van der Waals surface area (Å²) in [7, 11) is 1.54. The van der Waals surface area contributed by atoms with Gasteiger partial charge in [0.25, 0.3) is 0 Å². The summed E-state index contributed by atoms with van der Waals surface area (Å²) in [5, 5.41) is 4.17. The van der Waals surface area contributed by atoms with Crippen molar-refractivity contribution in [1.29, 1.82) is 0 Å². The lowest BCUT2D eigenvalue weighted by molar-refractivity contribution is -0.141. The van der Waals surface area contributed by atoms with Gasteiger partial charge in [-0.1, -0.05) is 59.4 Å². The summed E-state index contributed by atoms with van der Waals surface area (Å²) in [6.45, 7) is -1.14. The van der Waals surface area contributed by atoms with Gasteiger partial charge in [-0.05, 0) is 17.7 Å². The van der Waals surface area contributed by atoms with Crippen LogP contribution in [0.4, 0.5) is 13.2 Å². The van der Waals surface area contributed by atoms with E-state index in [1.54, 1.807) is 49.6 Å². The molecule has 0 spiro atoms. The van der Waals surface area contributed by atoms with Crippen LogP contribution in [0.15, 0.2) is 70.5 Å². The molecule has 0 unspecified atom stereocenters. The Balaban J connectivity index is 1.56. The van der Waals surface area contributed by atoms with E-state index in [1.807, 2.05) is 12.1 Å². The van der Waals surface area contributed by atoms with Crippen molar-refractivity contribution in [1.82, 2.24) is 19.7 Å². The predicted octanol–water partition coefficient (Wildman–Crippen LogP) is 5.46. The lowest BCUT2D eigenvalue weighted by atomic mass is 10.2. The van der Waals surface area contributed by atoms with Crippen LogP contribution < -0.4 is 4.74 Å². The molecule has 10 heteroatoms. The number of benzene rings is 2. The Hall–Kier alpha value is -3.27. The summed E-state index contributed by atoms with van der Waals surface area (Å²) in [4.78, 5) is 8.54. The van der Waals surface area contributed by atoms with Crippen LogP contribution in [0.2, 0.25) is 0 Å². The van der Waals surface area contributed by atoms with Gasteiger partial charge in [-0.25, -0.2) is 4.98 Å². The smallest absolute Gasteiger partial charge is 0.406 e. The molecule has 0 saturated carbocycles. The van der Waals surface area contributed by atoms with Crippen LogP contribution in [0.25, 0.3) is 22.6 Å². The second-order valence-electron chi connectivity index (χ2n) is 6.49. The summed E-state index contributed by atoms with van der Waals surface area (Å²) in [5.41, 5.74) is 1.71. The first-order chi connectivity index (χ1) is 14.9. The molecule has 0 bridgehead atoms. The maximum Gasteiger partial charge on any atom is 0.406 e. The molecule has 31 heavy (non-hydrogen) atoms. The van der Waals surface area contributed by atoms with Gasteiger partial charge in [-0.2, -0.15) is 18.2 Å². The molecular weight excluding hydrogens is 429 g/mol. The SMILES string of the molecule is COc1ccccc1-c1noc(CSc2ncc(-c3ccccc3)n2CC(F)(F)F)n1. The van der Waals surface area contributed by atoms with Crippen LogP contribution in [-0.4, -0.2) is 33.0 Å². The zero-order valence-corrected chi connectivity index (χ0v) is 17.2. The molecule has 0 fully saturated rings. The first-order valence-electron chi connectivity index (χ1n) is 9.21. The number of halogens is 3. The third-order valence-corrected chi connectivity index (χ3v) is 5.34. The van der Waals surface area contributed by atoms with Gasteiger partial charge >= 0.3 is 6.18 Å². The average Bonchev–Trinajstić information content (AvgIpc) is 3.39. The highest BCUT2D eigenvalue weighted by Crippen LogP contribution is 2.32. The number of rotatable bonds is 7. The van der Waals surface area contributed by atoms with Gasteiger partial charge in [0.1, 0.15) is 12.3 Å². The number of imidazole rings is 1. The molecule has 0 radical (unpaired) electrons. The number of para-hydroxylation sites is 1. The number of methoxy groups -OCH3 is 1. The van der Waals surface area contributed by atoms with E-state index >= 15 is 0 Å². The number of thioether (sulfide) groups is 1. The van der Waals surface area contributed by atoms with Gasteiger partial charge in [0.2, 0.25) is 11.7 Å². The molecule has 0 atom stereocenters. The van der Waals surface area contributed by atoms with Crippen LogP contribution in [0.3, 0.4) is 0 Å². The Kier molecular flexibility index (Phi) is 5.99. The van der Waals surface area contributed by atoms with Crippen molar-refractivity contribution in [3.05, 3.63) is 66.7 Å². The number of nitrogens with zero attached hydrogens (tertiary/aromatic N) is 4. The molecular formula is C21H17F3N4O2S. The highest BCUT2D eigenvalue weighted by Gasteiger charge is 2.31. The fourth-order valence-corrected chi connectivity index (χ4v) is 3.84. The van der Waals surface area contributed by atoms with Crippen LogP contribution in [0, 0.1) is 0 Å². The largest absolute Gasteiger partial charge is 0.496 e. The van der Waals surface area contributed by atoms with E-state index in [4.69, 9.17) is 9.26 Å². The van der Waals surface area contributed by atoms with Crippen molar-refractivity contribution in [3.63, 3.8) is 0 Å². The lowest BCUT2D eigenvalue weighted by Crippen LogP contribution is -2.19. The van der Waals surface area contributed by atoms with Crippen molar-refractivity contribution in [2.75, 3.05) is 7.11 Å². The normalized spacial score (nSPS) is 11.6. The molecule has 0 saturated heterocycles. The van der Waals surface area contributed by atoms with E-state index in [-0.39, 0.29) is 16.8 Å². The average molecular weight is 446 g/mol. The van der Waals surface area contributed by atoms with Crippen molar-refractivity contribution < 1.29 is 22.4 Å². The molecule has 160 valence electrons. The molecule has 2 aromatic heterocycles. The molecule has 0 aliphatic heterocycles. The van der Waals surface area contributed by atoms with Crippen LogP contribution in [-0.2, 0) is 12.3 Å². The van der Waals surface area contributed by atoms with Gasteiger partial charge in [-0.3, -0.25) is 0 Å². The van der Waals surface area contributed by atoms with Gasteiger partial charge in [0.15, 0.2) is 5.16 Å². The van der Waals surface area contributed by atoms with E-state index in [2.05, 4.69) is 15.1 Å². The maximum absolute atomic E-state index is 13.2. The monoisotopic (exact) mass is 446 g/mol. The number of alkyl halides is 3. The second kappa shape index (κ2) is 8.84. The van der Waals surface area contributed by atoms with E-state index in [0.717, 1.165) is 16.3 Å². The third kappa shape index (κ3) is 4.91. The Morgan fingerprint density at radius 2 is 1.81 bits per heavy atom. The van der Waals surface area contributed by atoms with Gasteiger partial charge in [0.05, 0.1) is 30.3 Å². The second-order valence-corrected chi connectivity index (χ2v) is 7.44. The zero-order chi connectivity index (χ0) is 21.8. The molecule has 0 aliphatic rings. The molecule has 2 aromatic carbocycles. The summed E-state index contributed by atoms with van der Waals surface area (Å²) in [6, 6.07) is 16.0. The molecule has 0 amide bonds. The Morgan fingerprint density at radius 3 is 2.55 bits per heavy atom. The van der Waals surface area contributed by atoms with Gasteiger partial charge in [0, 0.05) is 0 Å².